The van der Waals surface area contributed by atoms with Gasteiger partial charge in [0.05, 0.1) is 6.54 Å². The van der Waals surface area contributed by atoms with Gasteiger partial charge < -0.3 is 9.67 Å². The van der Waals surface area contributed by atoms with Crippen LogP contribution in [-0.2, 0) is 13.1 Å². The summed E-state index contributed by atoms with van der Waals surface area (Å²) < 4.78 is 2.25. The molecule has 0 saturated carbocycles. The number of piperidine rings is 1. The summed E-state index contributed by atoms with van der Waals surface area (Å²) in [4.78, 5) is 6.94. The first kappa shape index (κ1) is 14.5. The van der Waals surface area contributed by atoms with Crippen molar-refractivity contribution in [1.29, 1.82) is 0 Å². The number of likely N-dealkylation sites (tertiary alicyclic amines) is 1. The lowest BCUT2D eigenvalue weighted by molar-refractivity contribution is 0.0243. The zero-order chi connectivity index (χ0) is 13.7. The SMILES string of the molecule is CCCn1ccnc1CN1CCC[C@@](CC)(CO)C1. The molecule has 0 aliphatic carbocycles. The Labute approximate surface area is 116 Å². The van der Waals surface area contributed by atoms with E-state index < -0.39 is 0 Å². The molecule has 0 spiro atoms. The second-order valence-electron chi connectivity index (χ2n) is 5.86. The van der Waals surface area contributed by atoms with Crippen molar-refractivity contribution in [2.45, 2.75) is 52.6 Å². The van der Waals surface area contributed by atoms with Gasteiger partial charge in [-0.25, -0.2) is 4.98 Å². The van der Waals surface area contributed by atoms with Crippen LogP contribution in [0, 0.1) is 5.41 Å². The molecule has 1 aromatic rings. The minimum absolute atomic E-state index is 0.112. The van der Waals surface area contributed by atoms with E-state index in [0.717, 1.165) is 51.3 Å². The molecule has 1 N–H and O–H groups in total. The maximum absolute atomic E-state index is 9.68. The summed E-state index contributed by atoms with van der Waals surface area (Å²) in [6, 6.07) is 0. The highest BCUT2D eigenvalue weighted by atomic mass is 16.3. The first-order valence-electron chi connectivity index (χ1n) is 7.56. The largest absolute Gasteiger partial charge is 0.396 e. The van der Waals surface area contributed by atoms with E-state index in [1.54, 1.807) is 0 Å². The molecule has 4 nitrogen and oxygen atoms in total. The van der Waals surface area contributed by atoms with Gasteiger partial charge >= 0.3 is 0 Å². The molecular formula is C15H27N3O. The Balaban J connectivity index is 2.00. The Morgan fingerprint density at radius 2 is 2.26 bits per heavy atom. The molecule has 4 heteroatoms. The molecule has 1 aliphatic rings. The fourth-order valence-electron chi connectivity index (χ4n) is 3.11. The zero-order valence-electron chi connectivity index (χ0n) is 12.3. The van der Waals surface area contributed by atoms with Gasteiger partial charge in [0.1, 0.15) is 5.82 Å². The smallest absolute Gasteiger partial charge is 0.122 e. The number of aliphatic hydroxyl groups excluding tert-OH is 1. The number of aliphatic hydroxyl groups is 1. The molecule has 1 aliphatic heterocycles. The van der Waals surface area contributed by atoms with Crippen molar-refractivity contribution in [1.82, 2.24) is 14.5 Å². The molecule has 0 aromatic carbocycles. The molecule has 1 aromatic heterocycles. The molecule has 0 amide bonds. The van der Waals surface area contributed by atoms with Crippen LogP contribution in [0.15, 0.2) is 12.4 Å². The Morgan fingerprint density at radius 3 is 2.95 bits per heavy atom. The van der Waals surface area contributed by atoms with Gasteiger partial charge in [-0.3, -0.25) is 4.90 Å². The van der Waals surface area contributed by atoms with Crippen molar-refractivity contribution in [2.75, 3.05) is 19.7 Å². The summed E-state index contributed by atoms with van der Waals surface area (Å²) >= 11 is 0. The van der Waals surface area contributed by atoms with Gasteiger partial charge in [-0.15, -0.1) is 0 Å². The average Bonchev–Trinajstić information content (AvgIpc) is 2.87. The predicted molar refractivity (Wildman–Crippen MR) is 76.8 cm³/mol. The summed E-state index contributed by atoms with van der Waals surface area (Å²) in [5, 5.41) is 9.68. The van der Waals surface area contributed by atoms with Crippen LogP contribution in [0.5, 0.6) is 0 Å². The van der Waals surface area contributed by atoms with Gasteiger partial charge in [-0.05, 0) is 32.2 Å². The van der Waals surface area contributed by atoms with Crippen LogP contribution in [0.1, 0.15) is 45.4 Å². The van der Waals surface area contributed by atoms with E-state index in [9.17, 15) is 5.11 Å². The predicted octanol–water partition coefficient (Wildman–Crippen LogP) is 2.28. The molecule has 1 fully saturated rings. The van der Waals surface area contributed by atoms with Gasteiger partial charge in [0.2, 0.25) is 0 Å². The number of rotatable bonds is 6. The van der Waals surface area contributed by atoms with Crippen molar-refractivity contribution < 1.29 is 5.11 Å². The van der Waals surface area contributed by atoms with Crippen molar-refractivity contribution in [3.63, 3.8) is 0 Å². The van der Waals surface area contributed by atoms with Crippen LogP contribution >= 0.6 is 0 Å². The van der Waals surface area contributed by atoms with E-state index >= 15 is 0 Å². The monoisotopic (exact) mass is 265 g/mol. The lowest BCUT2D eigenvalue weighted by atomic mass is 9.78. The fourth-order valence-corrected chi connectivity index (χ4v) is 3.11. The third-order valence-corrected chi connectivity index (χ3v) is 4.46. The highest BCUT2D eigenvalue weighted by Gasteiger charge is 2.33. The highest BCUT2D eigenvalue weighted by molar-refractivity contribution is 4.94. The lowest BCUT2D eigenvalue weighted by Gasteiger charge is -2.41. The second-order valence-corrected chi connectivity index (χ2v) is 5.86. The van der Waals surface area contributed by atoms with Crippen LogP contribution in [0.2, 0.25) is 0 Å². The fraction of sp³-hybridized carbons (Fsp3) is 0.800. The summed E-state index contributed by atoms with van der Waals surface area (Å²) in [7, 11) is 0. The number of hydrogen-bond acceptors (Lipinski definition) is 3. The zero-order valence-corrected chi connectivity index (χ0v) is 12.3. The molecule has 0 bridgehead atoms. The minimum Gasteiger partial charge on any atom is -0.396 e. The number of nitrogens with zero attached hydrogens (tertiary/aromatic N) is 3. The Bertz CT molecular complexity index is 384. The summed E-state index contributed by atoms with van der Waals surface area (Å²) in [6.07, 6.45) is 8.50. The normalized spacial score (nSPS) is 24.8. The van der Waals surface area contributed by atoms with Crippen molar-refractivity contribution in [3.8, 4) is 0 Å². The highest BCUT2D eigenvalue weighted by Crippen LogP contribution is 2.33. The quantitative estimate of drug-likeness (QED) is 0.858. The van der Waals surface area contributed by atoms with Crippen LogP contribution in [0.25, 0.3) is 0 Å². The van der Waals surface area contributed by atoms with Crippen LogP contribution in [0.4, 0.5) is 0 Å². The van der Waals surface area contributed by atoms with Crippen LogP contribution in [0.3, 0.4) is 0 Å². The van der Waals surface area contributed by atoms with Gasteiger partial charge in [-0.2, -0.15) is 0 Å². The number of aryl methyl sites for hydroxylation is 1. The van der Waals surface area contributed by atoms with Gasteiger partial charge in [0.25, 0.3) is 0 Å². The molecule has 108 valence electrons. The molecule has 1 saturated heterocycles. The minimum atomic E-state index is 0.112. The average molecular weight is 265 g/mol. The summed E-state index contributed by atoms with van der Waals surface area (Å²) in [6.45, 7) is 8.77. The third-order valence-electron chi connectivity index (χ3n) is 4.46. The molecule has 2 heterocycles. The van der Waals surface area contributed by atoms with E-state index in [1.807, 2.05) is 6.20 Å². The topological polar surface area (TPSA) is 41.3 Å². The van der Waals surface area contributed by atoms with Gasteiger partial charge in [-0.1, -0.05) is 13.8 Å². The molecule has 0 radical (unpaired) electrons. The van der Waals surface area contributed by atoms with Crippen molar-refractivity contribution in [2.24, 2.45) is 5.41 Å². The van der Waals surface area contributed by atoms with E-state index in [0.29, 0.717) is 6.61 Å². The van der Waals surface area contributed by atoms with E-state index in [-0.39, 0.29) is 5.41 Å². The number of aromatic nitrogens is 2. The van der Waals surface area contributed by atoms with E-state index in [4.69, 9.17) is 0 Å². The Morgan fingerprint density at radius 1 is 1.42 bits per heavy atom. The number of imidazole rings is 1. The molecule has 19 heavy (non-hydrogen) atoms. The maximum Gasteiger partial charge on any atom is 0.122 e. The summed E-state index contributed by atoms with van der Waals surface area (Å²) in [5.41, 5.74) is 0.112. The van der Waals surface area contributed by atoms with Crippen LogP contribution in [-0.4, -0.2) is 39.3 Å². The second kappa shape index (κ2) is 6.53. The Kier molecular flexibility index (Phi) is 4.99. The Hall–Kier alpha value is -0.870. The molecule has 1 atom stereocenters. The molecular weight excluding hydrogens is 238 g/mol. The maximum atomic E-state index is 9.68. The van der Waals surface area contributed by atoms with Gasteiger partial charge in [0.15, 0.2) is 0 Å². The van der Waals surface area contributed by atoms with Gasteiger partial charge in [0, 0.05) is 37.5 Å². The first-order chi connectivity index (χ1) is 9.23. The standard InChI is InChI=1S/C15H27N3O/c1-3-8-18-10-7-16-14(18)11-17-9-5-6-15(4-2,12-17)13-19/h7,10,19H,3-6,8-9,11-13H2,1-2H3/t15-/m1/s1. The third kappa shape index (κ3) is 3.37. The van der Waals surface area contributed by atoms with Crippen LogP contribution < -0.4 is 0 Å². The summed E-state index contributed by atoms with van der Waals surface area (Å²) in [5.74, 6) is 1.16. The lowest BCUT2D eigenvalue weighted by Crippen LogP contribution is -2.44. The first-order valence-corrected chi connectivity index (χ1v) is 7.56. The van der Waals surface area contributed by atoms with E-state index in [2.05, 4.69) is 34.5 Å². The van der Waals surface area contributed by atoms with Crippen molar-refractivity contribution >= 4 is 0 Å². The van der Waals surface area contributed by atoms with E-state index in [1.165, 1.54) is 6.42 Å². The van der Waals surface area contributed by atoms with Crippen molar-refractivity contribution in [3.05, 3.63) is 18.2 Å². The number of hydrogen-bond donors (Lipinski definition) is 1. The molecule has 2 rings (SSSR count). The molecule has 0 unspecified atom stereocenters.